The quantitative estimate of drug-likeness (QED) is 0.308. The number of carbonyl (C=O) groups excluding carboxylic acids is 1. The lowest BCUT2D eigenvalue weighted by Gasteiger charge is -2.12. The molecule has 2 N–H and O–H groups in total. The highest BCUT2D eigenvalue weighted by atomic mass is 16.7. The van der Waals surface area contributed by atoms with Crippen LogP contribution in [-0.4, -0.2) is 39.4 Å². The zero-order chi connectivity index (χ0) is 17.9. The lowest BCUT2D eigenvalue weighted by molar-refractivity contribution is -0.140. The Hall–Kier alpha value is -2.44. The molecule has 0 unspecified atom stereocenters. The first kappa shape index (κ1) is 18.9. The molecule has 0 saturated carbocycles. The van der Waals surface area contributed by atoms with Crippen molar-refractivity contribution in [3.8, 4) is 11.5 Å². The van der Waals surface area contributed by atoms with E-state index in [-0.39, 0.29) is 12.8 Å². The minimum atomic E-state index is -0.133. The zero-order valence-electron chi connectivity index (χ0n) is 15.0. The Kier molecular flexibility index (Phi) is 7.88. The summed E-state index contributed by atoms with van der Waals surface area (Å²) in [4.78, 5) is 15.2. The summed E-state index contributed by atoms with van der Waals surface area (Å²) < 4.78 is 15.3. The summed E-state index contributed by atoms with van der Waals surface area (Å²) in [6.45, 7) is 1.80. The van der Waals surface area contributed by atoms with Crippen molar-refractivity contribution in [2.24, 2.45) is 4.99 Å². The normalized spacial score (nSPS) is 12.8. The summed E-state index contributed by atoms with van der Waals surface area (Å²) in [6.07, 6.45) is 4.52. The number of carbonyl (C=O) groups is 1. The van der Waals surface area contributed by atoms with Crippen LogP contribution in [0.15, 0.2) is 23.2 Å². The van der Waals surface area contributed by atoms with Gasteiger partial charge in [-0.1, -0.05) is 18.9 Å². The summed E-state index contributed by atoms with van der Waals surface area (Å²) in [5.74, 6) is 2.21. The van der Waals surface area contributed by atoms with E-state index in [0.717, 1.165) is 55.3 Å². The van der Waals surface area contributed by atoms with Gasteiger partial charge in [0.2, 0.25) is 6.79 Å². The number of guanidine groups is 1. The largest absolute Gasteiger partial charge is 0.469 e. The fraction of sp³-hybridized carbons (Fsp3) is 0.556. The third-order valence-corrected chi connectivity index (χ3v) is 3.95. The van der Waals surface area contributed by atoms with Gasteiger partial charge < -0.3 is 24.8 Å². The molecule has 0 fully saturated rings. The molecule has 25 heavy (non-hydrogen) atoms. The molecule has 0 atom stereocenters. The predicted molar refractivity (Wildman–Crippen MR) is 95.9 cm³/mol. The first-order valence-corrected chi connectivity index (χ1v) is 8.63. The van der Waals surface area contributed by atoms with Crippen LogP contribution in [-0.2, 0) is 16.1 Å². The van der Waals surface area contributed by atoms with Crippen molar-refractivity contribution < 1.29 is 19.0 Å². The number of esters is 1. The smallest absolute Gasteiger partial charge is 0.305 e. The van der Waals surface area contributed by atoms with Gasteiger partial charge in [-0.25, -0.2) is 0 Å². The van der Waals surface area contributed by atoms with Crippen LogP contribution in [0.3, 0.4) is 0 Å². The second kappa shape index (κ2) is 10.4. The van der Waals surface area contributed by atoms with Crippen molar-refractivity contribution >= 4 is 11.9 Å². The molecule has 1 aliphatic heterocycles. The number of aliphatic imine (C=N–C) groups is 1. The van der Waals surface area contributed by atoms with Crippen molar-refractivity contribution in [2.75, 3.05) is 27.5 Å². The Balaban J connectivity index is 1.59. The van der Waals surface area contributed by atoms with E-state index in [9.17, 15) is 4.79 Å². The molecule has 7 heteroatoms. The molecule has 0 bridgehead atoms. The van der Waals surface area contributed by atoms with Crippen LogP contribution >= 0.6 is 0 Å². The Labute approximate surface area is 148 Å². The monoisotopic (exact) mass is 349 g/mol. The van der Waals surface area contributed by atoms with Gasteiger partial charge >= 0.3 is 5.97 Å². The van der Waals surface area contributed by atoms with Crippen LogP contribution < -0.4 is 20.1 Å². The van der Waals surface area contributed by atoms with Gasteiger partial charge in [0.1, 0.15) is 0 Å². The van der Waals surface area contributed by atoms with Gasteiger partial charge in [0.05, 0.1) is 7.11 Å². The lowest BCUT2D eigenvalue weighted by atomic mass is 10.1. The summed E-state index contributed by atoms with van der Waals surface area (Å²) in [5.41, 5.74) is 1.11. The summed E-state index contributed by atoms with van der Waals surface area (Å²) in [7, 11) is 3.18. The minimum Gasteiger partial charge on any atom is -0.469 e. The van der Waals surface area contributed by atoms with Crippen LogP contribution in [0.4, 0.5) is 0 Å². The molecule has 1 aromatic rings. The maximum atomic E-state index is 11.0. The van der Waals surface area contributed by atoms with E-state index < -0.39 is 0 Å². The number of hydrogen-bond donors (Lipinski definition) is 2. The first-order chi connectivity index (χ1) is 12.2. The van der Waals surface area contributed by atoms with Crippen molar-refractivity contribution in [3.63, 3.8) is 0 Å². The van der Waals surface area contributed by atoms with Crippen molar-refractivity contribution in [1.29, 1.82) is 0 Å². The van der Waals surface area contributed by atoms with Gasteiger partial charge in [-0.15, -0.1) is 0 Å². The predicted octanol–water partition coefficient (Wildman–Crippen LogP) is 2.20. The molecule has 0 aromatic heterocycles. The third kappa shape index (κ3) is 6.52. The van der Waals surface area contributed by atoms with Crippen molar-refractivity contribution in [1.82, 2.24) is 10.6 Å². The summed E-state index contributed by atoms with van der Waals surface area (Å²) in [5, 5.41) is 6.58. The van der Waals surface area contributed by atoms with Gasteiger partial charge in [-0.3, -0.25) is 9.79 Å². The van der Waals surface area contributed by atoms with Gasteiger partial charge in [0, 0.05) is 26.6 Å². The molecule has 1 aromatic carbocycles. The average molecular weight is 349 g/mol. The van der Waals surface area contributed by atoms with Gasteiger partial charge in [-0.05, 0) is 30.5 Å². The van der Waals surface area contributed by atoms with Crippen molar-refractivity contribution in [3.05, 3.63) is 23.8 Å². The highest BCUT2D eigenvalue weighted by molar-refractivity contribution is 5.79. The molecule has 0 spiro atoms. The van der Waals surface area contributed by atoms with Crippen LogP contribution in [0.1, 0.15) is 37.7 Å². The maximum Gasteiger partial charge on any atom is 0.305 e. The molecule has 138 valence electrons. The molecule has 2 rings (SSSR count). The zero-order valence-corrected chi connectivity index (χ0v) is 15.0. The van der Waals surface area contributed by atoms with Gasteiger partial charge in [0.15, 0.2) is 17.5 Å². The lowest BCUT2D eigenvalue weighted by Crippen LogP contribution is -2.37. The number of nitrogens with one attached hydrogen (secondary N) is 2. The van der Waals surface area contributed by atoms with E-state index in [0.29, 0.717) is 13.0 Å². The number of rotatable bonds is 9. The molecule has 0 saturated heterocycles. The third-order valence-electron chi connectivity index (χ3n) is 3.95. The van der Waals surface area contributed by atoms with E-state index in [1.807, 2.05) is 18.2 Å². The van der Waals surface area contributed by atoms with Crippen LogP contribution in [0.25, 0.3) is 0 Å². The molecule has 0 aliphatic carbocycles. The molecule has 1 heterocycles. The van der Waals surface area contributed by atoms with Gasteiger partial charge in [-0.2, -0.15) is 0 Å². The highest BCUT2D eigenvalue weighted by Gasteiger charge is 2.13. The Morgan fingerprint density at radius 1 is 1.16 bits per heavy atom. The number of ether oxygens (including phenoxy) is 3. The first-order valence-electron chi connectivity index (χ1n) is 8.63. The molecule has 1 aliphatic rings. The maximum absolute atomic E-state index is 11.0. The average Bonchev–Trinajstić information content (AvgIpc) is 3.10. The van der Waals surface area contributed by atoms with E-state index >= 15 is 0 Å². The van der Waals surface area contributed by atoms with Gasteiger partial charge in [0.25, 0.3) is 0 Å². The molecule has 7 nitrogen and oxygen atoms in total. The van der Waals surface area contributed by atoms with E-state index in [1.165, 1.54) is 7.11 Å². The number of unbranched alkanes of at least 4 members (excludes halogenated alkanes) is 3. The Morgan fingerprint density at radius 3 is 2.76 bits per heavy atom. The number of fused-ring (bicyclic) bond motifs is 1. The number of nitrogens with zero attached hydrogens (tertiary/aromatic N) is 1. The topological polar surface area (TPSA) is 81.2 Å². The molecule has 0 radical (unpaired) electrons. The Morgan fingerprint density at radius 2 is 1.96 bits per heavy atom. The van der Waals surface area contributed by atoms with Crippen LogP contribution in [0, 0.1) is 0 Å². The van der Waals surface area contributed by atoms with E-state index in [4.69, 9.17) is 9.47 Å². The highest BCUT2D eigenvalue weighted by Crippen LogP contribution is 2.32. The Bertz CT molecular complexity index is 590. The van der Waals surface area contributed by atoms with E-state index in [2.05, 4.69) is 20.4 Å². The molecular formula is C18H27N3O4. The minimum absolute atomic E-state index is 0.133. The number of benzene rings is 1. The second-order valence-electron chi connectivity index (χ2n) is 5.78. The summed E-state index contributed by atoms with van der Waals surface area (Å²) >= 11 is 0. The SMILES string of the molecule is CN=C(NCCCCCCC(=O)OC)NCc1ccc2c(c1)OCO2. The second-order valence-corrected chi connectivity index (χ2v) is 5.78. The standard InChI is InChI=1S/C18H27N3O4/c1-19-18(20-10-6-4-3-5-7-17(22)23-2)21-12-14-8-9-15-16(11-14)25-13-24-15/h8-9,11H,3-7,10,12-13H2,1-2H3,(H2,19,20,21). The number of methoxy groups -OCH3 is 1. The molecule has 0 amide bonds. The van der Waals surface area contributed by atoms with Crippen LogP contribution in [0.5, 0.6) is 11.5 Å². The summed E-state index contributed by atoms with van der Waals surface area (Å²) in [6, 6.07) is 5.91. The number of hydrogen-bond acceptors (Lipinski definition) is 5. The van der Waals surface area contributed by atoms with Crippen molar-refractivity contribution in [2.45, 2.75) is 38.6 Å². The molecular weight excluding hydrogens is 322 g/mol. The van der Waals surface area contributed by atoms with E-state index in [1.54, 1.807) is 7.05 Å². The fourth-order valence-electron chi connectivity index (χ4n) is 2.51. The fourth-order valence-corrected chi connectivity index (χ4v) is 2.51. The van der Waals surface area contributed by atoms with Crippen LogP contribution in [0.2, 0.25) is 0 Å².